The first-order valence-corrected chi connectivity index (χ1v) is 11.8. The standard InChI is InChI=1S/C27H28ClFN4/c28-27(29,13-12-21-5-1-2-6-23(21)20-30)24-9-11-26(33-17-15-31-16-18-33)22(19-24)8-10-25-7-3-4-14-32-25/h1-7,9,11,14,19,31H,8,10,12-13,15-18H2. The third kappa shape index (κ3) is 5.90. The second-order valence-corrected chi connectivity index (χ2v) is 8.97. The molecule has 2 aromatic carbocycles. The zero-order valence-electron chi connectivity index (χ0n) is 18.6. The lowest BCUT2D eigenvalue weighted by molar-refractivity contribution is 0.265. The van der Waals surface area contributed by atoms with Crippen molar-refractivity contribution in [1.82, 2.24) is 10.3 Å². The van der Waals surface area contributed by atoms with E-state index in [4.69, 9.17) is 11.6 Å². The number of alkyl halides is 2. The Balaban J connectivity index is 1.57. The van der Waals surface area contributed by atoms with Gasteiger partial charge >= 0.3 is 0 Å². The van der Waals surface area contributed by atoms with E-state index < -0.39 is 5.13 Å². The number of halogens is 2. The number of nitriles is 1. The Morgan fingerprint density at radius 1 is 1.00 bits per heavy atom. The zero-order chi connectivity index (χ0) is 23.1. The first kappa shape index (κ1) is 23.2. The second-order valence-electron chi connectivity index (χ2n) is 8.38. The molecule has 2 heterocycles. The van der Waals surface area contributed by atoms with Gasteiger partial charge in [-0.15, -0.1) is 0 Å². The van der Waals surface area contributed by atoms with E-state index in [0.717, 1.165) is 61.5 Å². The molecular weight excluding hydrogens is 435 g/mol. The molecule has 170 valence electrons. The summed E-state index contributed by atoms with van der Waals surface area (Å²) >= 11 is 6.45. The third-order valence-corrected chi connectivity index (χ3v) is 6.59. The number of hydrogen-bond acceptors (Lipinski definition) is 4. The molecule has 1 aliphatic heterocycles. The number of rotatable bonds is 8. The number of nitrogens with zero attached hydrogens (tertiary/aromatic N) is 3. The molecule has 1 fully saturated rings. The number of nitrogens with one attached hydrogen (secondary N) is 1. The van der Waals surface area contributed by atoms with Crippen LogP contribution in [0.1, 0.15) is 34.4 Å². The minimum Gasteiger partial charge on any atom is -0.369 e. The van der Waals surface area contributed by atoms with Gasteiger partial charge < -0.3 is 10.2 Å². The van der Waals surface area contributed by atoms with Gasteiger partial charge in [-0.05, 0) is 60.7 Å². The summed E-state index contributed by atoms with van der Waals surface area (Å²) in [5, 5.41) is 10.7. The highest BCUT2D eigenvalue weighted by Crippen LogP contribution is 2.38. The normalized spacial score (nSPS) is 15.6. The number of aryl methyl sites for hydroxylation is 3. The molecule has 1 atom stereocenters. The fraction of sp³-hybridized carbons (Fsp3) is 0.333. The monoisotopic (exact) mass is 462 g/mol. The van der Waals surface area contributed by atoms with Crippen molar-refractivity contribution >= 4 is 17.3 Å². The summed E-state index contributed by atoms with van der Waals surface area (Å²) in [4.78, 5) is 6.79. The molecule has 33 heavy (non-hydrogen) atoms. The average Bonchev–Trinajstić information content (AvgIpc) is 2.87. The van der Waals surface area contributed by atoms with E-state index in [1.165, 1.54) is 0 Å². The van der Waals surface area contributed by atoms with E-state index in [-0.39, 0.29) is 6.42 Å². The van der Waals surface area contributed by atoms with Gasteiger partial charge in [-0.1, -0.05) is 41.9 Å². The minimum atomic E-state index is -2.01. The summed E-state index contributed by atoms with van der Waals surface area (Å²) in [7, 11) is 0. The molecule has 1 aromatic heterocycles. The first-order valence-electron chi connectivity index (χ1n) is 11.4. The van der Waals surface area contributed by atoms with Gasteiger partial charge in [-0.2, -0.15) is 5.26 Å². The van der Waals surface area contributed by atoms with E-state index in [1.54, 1.807) is 12.3 Å². The molecule has 0 spiro atoms. The van der Waals surface area contributed by atoms with Crippen LogP contribution in [0.25, 0.3) is 0 Å². The number of hydrogen-bond donors (Lipinski definition) is 1. The van der Waals surface area contributed by atoms with Crippen LogP contribution in [0.3, 0.4) is 0 Å². The summed E-state index contributed by atoms with van der Waals surface area (Å²) < 4.78 is 15.7. The van der Waals surface area contributed by atoms with Gasteiger partial charge in [0.25, 0.3) is 0 Å². The summed E-state index contributed by atoms with van der Waals surface area (Å²) in [6.45, 7) is 3.70. The molecule has 4 rings (SSSR count). The van der Waals surface area contributed by atoms with Crippen LogP contribution in [0, 0.1) is 11.3 Å². The number of aromatic nitrogens is 1. The van der Waals surface area contributed by atoms with Crippen molar-refractivity contribution in [2.45, 2.75) is 30.8 Å². The smallest absolute Gasteiger partial charge is 0.209 e. The highest BCUT2D eigenvalue weighted by Gasteiger charge is 2.30. The van der Waals surface area contributed by atoms with Gasteiger partial charge in [0.2, 0.25) is 5.13 Å². The van der Waals surface area contributed by atoms with Crippen molar-refractivity contribution in [2.75, 3.05) is 31.1 Å². The second kappa shape index (κ2) is 10.8. The molecule has 3 aromatic rings. The van der Waals surface area contributed by atoms with Crippen molar-refractivity contribution < 1.29 is 4.39 Å². The van der Waals surface area contributed by atoms with Crippen LogP contribution in [-0.4, -0.2) is 31.2 Å². The van der Waals surface area contributed by atoms with Crippen LogP contribution in [0.15, 0.2) is 66.9 Å². The zero-order valence-corrected chi connectivity index (χ0v) is 19.4. The average molecular weight is 463 g/mol. The Labute approximate surface area is 200 Å². The summed E-state index contributed by atoms with van der Waals surface area (Å²) in [6.07, 6.45) is 3.83. The highest BCUT2D eigenvalue weighted by atomic mass is 35.5. The minimum absolute atomic E-state index is 0.0971. The molecule has 0 aliphatic carbocycles. The van der Waals surface area contributed by atoms with Crippen LogP contribution < -0.4 is 10.2 Å². The number of piperazine rings is 1. The number of pyridine rings is 1. The predicted molar refractivity (Wildman–Crippen MR) is 131 cm³/mol. The summed E-state index contributed by atoms with van der Waals surface area (Å²) in [6, 6.07) is 21.1. The molecule has 1 saturated heterocycles. The van der Waals surface area contributed by atoms with E-state index >= 15 is 4.39 Å². The third-order valence-electron chi connectivity index (χ3n) is 6.18. The molecule has 4 nitrogen and oxygen atoms in total. The Morgan fingerprint density at radius 3 is 2.55 bits per heavy atom. The van der Waals surface area contributed by atoms with E-state index in [9.17, 15) is 5.26 Å². The van der Waals surface area contributed by atoms with Crippen molar-refractivity contribution in [3.63, 3.8) is 0 Å². The number of anilines is 1. The molecule has 1 N–H and O–H groups in total. The van der Waals surface area contributed by atoms with Crippen LogP contribution >= 0.6 is 11.6 Å². The largest absolute Gasteiger partial charge is 0.369 e. The van der Waals surface area contributed by atoms with Gasteiger partial charge in [-0.3, -0.25) is 4.98 Å². The Morgan fingerprint density at radius 2 is 1.79 bits per heavy atom. The lowest BCUT2D eigenvalue weighted by Gasteiger charge is -2.32. The maximum atomic E-state index is 15.7. The Bertz CT molecular complexity index is 1100. The fourth-order valence-electron chi connectivity index (χ4n) is 4.32. The van der Waals surface area contributed by atoms with Crippen molar-refractivity contribution in [3.05, 3.63) is 94.8 Å². The van der Waals surface area contributed by atoms with E-state index in [2.05, 4.69) is 21.3 Å². The molecular formula is C27H28ClFN4. The maximum Gasteiger partial charge on any atom is 0.209 e. The molecule has 6 heteroatoms. The van der Waals surface area contributed by atoms with Crippen LogP contribution in [0.2, 0.25) is 0 Å². The van der Waals surface area contributed by atoms with Gasteiger partial charge in [0.1, 0.15) is 0 Å². The first-order chi connectivity index (χ1) is 16.1. The molecule has 1 aliphatic rings. The van der Waals surface area contributed by atoms with Crippen LogP contribution in [0.5, 0.6) is 0 Å². The van der Waals surface area contributed by atoms with Gasteiger partial charge in [0.05, 0.1) is 11.6 Å². The number of benzene rings is 2. The lowest BCUT2D eigenvalue weighted by atomic mass is 9.95. The fourth-order valence-corrected chi connectivity index (χ4v) is 4.53. The van der Waals surface area contributed by atoms with Crippen molar-refractivity contribution in [3.8, 4) is 6.07 Å². The quantitative estimate of drug-likeness (QED) is 0.471. The molecule has 1 unspecified atom stereocenters. The van der Waals surface area contributed by atoms with E-state index in [1.807, 2.05) is 54.6 Å². The van der Waals surface area contributed by atoms with Gasteiger partial charge in [0.15, 0.2) is 0 Å². The summed E-state index contributed by atoms with van der Waals surface area (Å²) in [5.74, 6) is 0. The molecule has 0 amide bonds. The Kier molecular flexibility index (Phi) is 7.59. The van der Waals surface area contributed by atoms with Crippen LogP contribution in [-0.2, 0) is 24.4 Å². The van der Waals surface area contributed by atoms with Crippen molar-refractivity contribution in [2.24, 2.45) is 0 Å². The molecule has 0 saturated carbocycles. The molecule has 0 bridgehead atoms. The molecule has 0 radical (unpaired) electrons. The highest BCUT2D eigenvalue weighted by molar-refractivity contribution is 6.22. The SMILES string of the molecule is N#Cc1ccccc1CCC(F)(Cl)c1ccc(N2CCNCC2)c(CCc2ccccn2)c1. The van der Waals surface area contributed by atoms with E-state index in [0.29, 0.717) is 17.5 Å². The lowest BCUT2D eigenvalue weighted by Crippen LogP contribution is -2.44. The van der Waals surface area contributed by atoms with Gasteiger partial charge in [-0.25, -0.2) is 4.39 Å². The summed E-state index contributed by atoms with van der Waals surface area (Å²) in [5.41, 5.74) is 5.08. The van der Waals surface area contributed by atoms with Crippen molar-refractivity contribution in [1.29, 1.82) is 5.26 Å². The predicted octanol–water partition coefficient (Wildman–Crippen LogP) is 5.14. The van der Waals surface area contributed by atoms with Crippen LogP contribution in [0.4, 0.5) is 10.1 Å². The van der Waals surface area contributed by atoms with Gasteiger partial charge in [0, 0.05) is 55.7 Å². The topological polar surface area (TPSA) is 52.0 Å². The Hall–Kier alpha value is -2.94. The maximum absolute atomic E-state index is 15.7.